The number of aliphatic hydroxyl groups excluding tert-OH is 1. The summed E-state index contributed by atoms with van der Waals surface area (Å²) in [6, 6.07) is 0.166. The van der Waals surface area contributed by atoms with Crippen molar-refractivity contribution in [3.8, 4) is 0 Å². The van der Waals surface area contributed by atoms with E-state index >= 15 is 0 Å². The lowest BCUT2D eigenvalue weighted by Gasteiger charge is -2.09. The van der Waals surface area contributed by atoms with Crippen LogP contribution in [0.25, 0.3) is 0 Å². The van der Waals surface area contributed by atoms with Crippen LogP contribution in [0, 0.1) is 0 Å². The van der Waals surface area contributed by atoms with E-state index in [4.69, 9.17) is 10.8 Å². The van der Waals surface area contributed by atoms with Crippen LogP contribution in [-0.4, -0.2) is 17.3 Å². The summed E-state index contributed by atoms with van der Waals surface area (Å²) in [5.74, 6) is 0. The molecule has 0 bridgehead atoms. The van der Waals surface area contributed by atoms with Gasteiger partial charge in [-0.05, 0) is 19.3 Å². The van der Waals surface area contributed by atoms with Gasteiger partial charge in [0.15, 0.2) is 0 Å². The SMILES string of the molecule is N[C@@H]1CC=CC[C@@H](O)C1. The largest absolute Gasteiger partial charge is 0.393 e. The van der Waals surface area contributed by atoms with Crippen LogP contribution in [-0.2, 0) is 0 Å². The van der Waals surface area contributed by atoms with Gasteiger partial charge in [0, 0.05) is 6.04 Å². The van der Waals surface area contributed by atoms with E-state index in [-0.39, 0.29) is 12.1 Å². The van der Waals surface area contributed by atoms with Crippen molar-refractivity contribution in [3.63, 3.8) is 0 Å². The first-order valence-corrected chi connectivity index (χ1v) is 3.37. The van der Waals surface area contributed by atoms with Gasteiger partial charge < -0.3 is 10.8 Å². The molecule has 0 heterocycles. The second-order valence-electron chi connectivity index (χ2n) is 2.59. The predicted molar refractivity (Wildman–Crippen MR) is 37.0 cm³/mol. The molecule has 2 atom stereocenters. The smallest absolute Gasteiger partial charge is 0.0589 e. The van der Waals surface area contributed by atoms with Crippen molar-refractivity contribution in [1.29, 1.82) is 0 Å². The molecule has 1 aliphatic rings. The molecule has 2 nitrogen and oxygen atoms in total. The second-order valence-corrected chi connectivity index (χ2v) is 2.59. The Balaban J connectivity index is 2.40. The minimum atomic E-state index is -0.209. The zero-order chi connectivity index (χ0) is 6.69. The summed E-state index contributed by atoms with van der Waals surface area (Å²) in [7, 11) is 0. The van der Waals surface area contributed by atoms with Gasteiger partial charge in [0.05, 0.1) is 6.10 Å². The molecule has 0 aromatic heterocycles. The van der Waals surface area contributed by atoms with E-state index < -0.39 is 0 Å². The summed E-state index contributed by atoms with van der Waals surface area (Å²) in [4.78, 5) is 0. The summed E-state index contributed by atoms with van der Waals surface area (Å²) in [5.41, 5.74) is 5.61. The number of hydrogen-bond acceptors (Lipinski definition) is 2. The molecule has 1 rings (SSSR count). The highest BCUT2D eigenvalue weighted by Gasteiger charge is 2.10. The van der Waals surface area contributed by atoms with E-state index in [1.807, 2.05) is 12.2 Å². The average molecular weight is 127 g/mol. The van der Waals surface area contributed by atoms with Crippen molar-refractivity contribution in [1.82, 2.24) is 0 Å². The fourth-order valence-electron chi connectivity index (χ4n) is 1.07. The maximum absolute atomic E-state index is 9.13. The molecule has 0 aliphatic heterocycles. The van der Waals surface area contributed by atoms with Gasteiger partial charge in [-0.25, -0.2) is 0 Å². The van der Waals surface area contributed by atoms with Gasteiger partial charge in [0.25, 0.3) is 0 Å². The predicted octanol–water partition coefficient (Wildman–Crippen LogP) is 0.415. The maximum Gasteiger partial charge on any atom is 0.0589 e. The van der Waals surface area contributed by atoms with Crippen molar-refractivity contribution in [3.05, 3.63) is 12.2 Å². The Bertz CT molecular complexity index is 99.5. The van der Waals surface area contributed by atoms with Crippen LogP contribution in [0.15, 0.2) is 12.2 Å². The molecule has 0 fully saturated rings. The molecular formula is C7H13NO. The molecule has 9 heavy (non-hydrogen) atoms. The summed E-state index contributed by atoms with van der Waals surface area (Å²) in [6.07, 6.45) is 6.26. The van der Waals surface area contributed by atoms with Crippen molar-refractivity contribution in [2.45, 2.75) is 31.4 Å². The first-order chi connectivity index (χ1) is 4.29. The Hall–Kier alpha value is -0.340. The van der Waals surface area contributed by atoms with Gasteiger partial charge >= 0.3 is 0 Å². The zero-order valence-corrected chi connectivity index (χ0v) is 5.46. The Kier molecular flexibility index (Phi) is 2.25. The lowest BCUT2D eigenvalue weighted by atomic mass is 10.1. The molecule has 0 saturated carbocycles. The molecule has 0 aromatic carbocycles. The van der Waals surface area contributed by atoms with Crippen LogP contribution >= 0.6 is 0 Å². The van der Waals surface area contributed by atoms with Crippen LogP contribution in [0.3, 0.4) is 0 Å². The molecule has 1 aliphatic carbocycles. The minimum Gasteiger partial charge on any atom is -0.393 e. The monoisotopic (exact) mass is 127 g/mol. The Labute approximate surface area is 55.4 Å². The first kappa shape index (κ1) is 6.78. The average Bonchev–Trinajstić information content (AvgIpc) is 1.93. The van der Waals surface area contributed by atoms with Crippen LogP contribution < -0.4 is 5.73 Å². The Morgan fingerprint density at radius 2 is 2.00 bits per heavy atom. The lowest BCUT2D eigenvalue weighted by Crippen LogP contribution is -2.23. The first-order valence-electron chi connectivity index (χ1n) is 3.37. The standard InChI is InChI=1S/C7H13NO/c8-6-3-1-2-4-7(9)5-6/h1-2,6-7,9H,3-5,8H2/t6-,7-/m1/s1. The third-order valence-corrected chi connectivity index (χ3v) is 1.59. The van der Waals surface area contributed by atoms with Crippen LogP contribution in [0.2, 0.25) is 0 Å². The van der Waals surface area contributed by atoms with Crippen LogP contribution in [0.5, 0.6) is 0 Å². The van der Waals surface area contributed by atoms with E-state index in [0.717, 1.165) is 19.3 Å². The van der Waals surface area contributed by atoms with Crippen molar-refractivity contribution < 1.29 is 5.11 Å². The number of aliphatic hydroxyl groups is 1. The third-order valence-electron chi connectivity index (χ3n) is 1.59. The fourth-order valence-corrected chi connectivity index (χ4v) is 1.07. The maximum atomic E-state index is 9.13. The van der Waals surface area contributed by atoms with Gasteiger partial charge in [-0.2, -0.15) is 0 Å². The van der Waals surface area contributed by atoms with E-state index in [9.17, 15) is 0 Å². The summed E-state index contributed by atoms with van der Waals surface area (Å²) in [6.45, 7) is 0. The molecule has 0 radical (unpaired) electrons. The van der Waals surface area contributed by atoms with Gasteiger partial charge in [-0.15, -0.1) is 0 Å². The van der Waals surface area contributed by atoms with Crippen LogP contribution in [0.1, 0.15) is 19.3 Å². The summed E-state index contributed by atoms with van der Waals surface area (Å²) >= 11 is 0. The number of rotatable bonds is 0. The molecule has 0 amide bonds. The van der Waals surface area contributed by atoms with Crippen LogP contribution in [0.4, 0.5) is 0 Å². The molecule has 0 saturated heterocycles. The topological polar surface area (TPSA) is 46.2 Å². The second kappa shape index (κ2) is 2.99. The summed E-state index contributed by atoms with van der Waals surface area (Å²) in [5, 5.41) is 9.13. The van der Waals surface area contributed by atoms with E-state index in [1.54, 1.807) is 0 Å². The molecular weight excluding hydrogens is 114 g/mol. The Morgan fingerprint density at radius 1 is 1.33 bits per heavy atom. The molecule has 0 aromatic rings. The van der Waals surface area contributed by atoms with Gasteiger partial charge in [0.2, 0.25) is 0 Å². The van der Waals surface area contributed by atoms with Crippen molar-refractivity contribution in [2.24, 2.45) is 5.73 Å². The number of hydrogen-bond donors (Lipinski definition) is 2. The molecule has 2 heteroatoms. The molecule has 0 unspecified atom stereocenters. The van der Waals surface area contributed by atoms with E-state index in [2.05, 4.69) is 0 Å². The third kappa shape index (κ3) is 2.16. The number of nitrogens with two attached hydrogens (primary N) is 1. The molecule has 0 spiro atoms. The van der Waals surface area contributed by atoms with Crippen molar-refractivity contribution >= 4 is 0 Å². The normalized spacial score (nSPS) is 36.2. The van der Waals surface area contributed by atoms with Crippen molar-refractivity contribution in [2.75, 3.05) is 0 Å². The highest BCUT2D eigenvalue weighted by molar-refractivity contribution is 4.92. The van der Waals surface area contributed by atoms with Gasteiger partial charge in [-0.3, -0.25) is 0 Å². The van der Waals surface area contributed by atoms with E-state index in [0.29, 0.717) is 0 Å². The lowest BCUT2D eigenvalue weighted by molar-refractivity contribution is 0.161. The quantitative estimate of drug-likeness (QED) is 0.463. The highest BCUT2D eigenvalue weighted by Crippen LogP contribution is 2.09. The Morgan fingerprint density at radius 3 is 2.78 bits per heavy atom. The summed E-state index contributed by atoms with van der Waals surface area (Å²) < 4.78 is 0. The zero-order valence-electron chi connectivity index (χ0n) is 5.46. The van der Waals surface area contributed by atoms with E-state index in [1.165, 1.54) is 0 Å². The van der Waals surface area contributed by atoms with Gasteiger partial charge in [0.1, 0.15) is 0 Å². The van der Waals surface area contributed by atoms with Gasteiger partial charge in [-0.1, -0.05) is 12.2 Å². The fraction of sp³-hybridized carbons (Fsp3) is 0.714. The molecule has 52 valence electrons. The minimum absolute atomic E-state index is 0.166. The highest BCUT2D eigenvalue weighted by atomic mass is 16.3. The molecule has 3 N–H and O–H groups in total.